The molecule has 1 N–H and O–H groups in total. The third kappa shape index (κ3) is 5.71. The van der Waals surface area contributed by atoms with Crippen LogP contribution in [0.5, 0.6) is 5.75 Å². The van der Waals surface area contributed by atoms with Gasteiger partial charge in [-0.1, -0.05) is 36.4 Å². The number of nitrogens with one attached hydrogen (secondary N) is 1. The summed E-state index contributed by atoms with van der Waals surface area (Å²) in [6.45, 7) is 1.48. The number of rotatable bonds is 8. The van der Waals surface area contributed by atoms with Gasteiger partial charge in [0.1, 0.15) is 12.4 Å². The SMILES string of the molecule is CN=C(NCc1ccccc1S(=O)(=O)N(C)C)N(C)CCOc1ccccc1. The van der Waals surface area contributed by atoms with Gasteiger partial charge in [0.05, 0.1) is 11.4 Å². The Kier molecular flexibility index (Phi) is 7.83. The molecule has 0 heterocycles. The van der Waals surface area contributed by atoms with E-state index in [1.165, 1.54) is 18.4 Å². The van der Waals surface area contributed by atoms with Gasteiger partial charge in [-0.05, 0) is 23.8 Å². The molecule has 0 fully saturated rings. The van der Waals surface area contributed by atoms with Crippen molar-refractivity contribution in [3.8, 4) is 5.75 Å². The Hall–Kier alpha value is -2.58. The fraction of sp³-hybridized carbons (Fsp3) is 0.350. The number of hydrogen-bond donors (Lipinski definition) is 1. The van der Waals surface area contributed by atoms with E-state index in [0.29, 0.717) is 31.2 Å². The molecule has 0 atom stereocenters. The van der Waals surface area contributed by atoms with Gasteiger partial charge in [0.2, 0.25) is 10.0 Å². The van der Waals surface area contributed by atoms with Crippen LogP contribution in [0.1, 0.15) is 5.56 Å². The Labute approximate surface area is 167 Å². The maximum absolute atomic E-state index is 12.5. The fourth-order valence-electron chi connectivity index (χ4n) is 2.58. The molecule has 0 aromatic heterocycles. The van der Waals surface area contributed by atoms with Gasteiger partial charge in [-0.15, -0.1) is 0 Å². The summed E-state index contributed by atoms with van der Waals surface area (Å²) >= 11 is 0. The van der Waals surface area contributed by atoms with Gasteiger partial charge in [0.25, 0.3) is 0 Å². The zero-order valence-corrected chi connectivity index (χ0v) is 17.6. The fourth-order valence-corrected chi connectivity index (χ4v) is 3.70. The van der Waals surface area contributed by atoms with Crippen molar-refractivity contribution >= 4 is 16.0 Å². The van der Waals surface area contributed by atoms with Crippen LogP contribution in [0.2, 0.25) is 0 Å². The molecule has 7 nitrogen and oxygen atoms in total. The molecule has 0 saturated carbocycles. The van der Waals surface area contributed by atoms with Crippen molar-refractivity contribution in [3.05, 3.63) is 60.2 Å². The lowest BCUT2D eigenvalue weighted by atomic mass is 10.2. The number of para-hydroxylation sites is 1. The van der Waals surface area contributed by atoms with Crippen molar-refractivity contribution in [1.82, 2.24) is 14.5 Å². The summed E-state index contributed by atoms with van der Waals surface area (Å²) in [5.74, 6) is 1.48. The molecule has 0 aliphatic rings. The van der Waals surface area contributed by atoms with Crippen LogP contribution in [0, 0.1) is 0 Å². The van der Waals surface area contributed by atoms with Gasteiger partial charge < -0.3 is 15.0 Å². The van der Waals surface area contributed by atoms with Gasteiger partial charge in [-0.3, -0.25) is 4.99 Å². The highest BCUT2D eigenvalue weighted by molar-refractivity contribution is 7.89. The maximum Gasteiger partial charge on any atom is 0.242 e. The lowest BCUT2D eigenvalue weighted by molar-refractivity contribution is 0.281. The van der Waals surface area contributed by atoms with Crippen molar-refractivity contribution in [2.75, 3.05) is 41.3 Å². The van der Waals surface area contributed by atoms with E-state index in [1.54, 1.807) is 25.2 Å². The average molecular weight is 405 g/mol. The Morgan fingerprint density at radius 1 is 1.04 bits per heavy atom. The highest BCUT2D eigenvalue weighted by atomic mass is 32.2. The third-order valence-corrected chi connectivity index (χ3v) is 6.10. The van der Waals surface area contributed by atoms with Crippen LogP contribution in [-0.2, 0) is 16.6 Å². The molecule has 8 heteroatoms. The number of sulfonamides is 1. The summed E-state index contributed by atoms with van der Waals surface area (Å²) < 4.78 is 32.0. The predicted molar refractivity (Wildman–Crippen MR) is 112 cm³/mol. The molecule has 0 unspecified atom stereocenters. The summed E-state index contributed by atoms with van der Waals surface area (Å²) in [5.41, 5.74) is 0.686. The standard InChI is InChI=1S/C20H28N4O3S/c1-21-20(24(4)14-15-27-18-11-6-5-7-12-18)22-16-17-10-8-9-13-19(17)28(25,26)23(2)3/h5-13H,14-16H2,1-4H3,(H,21,22). The van der Waals surface area contributed by atoms with Crippen molar-refractivity contribution in [2.45, 2.75) is 11.4 Å². The van der Waals surface area contributed by atoms with Crippen LogP contribution < -0.4 is 10.1 Å². The van der Waals surface area contributed by atoms with Crippen LogP contribution in [0.4, 0.5) is 0 Å². The number of nitrogens with zero attached hydrogens (tertiary/aromatic N) is 3. The van der Waals surface area contributed by atoms with Crippen molar-refractivity contribution in [3.63, 3.8) is 0 Å². The van der Waals surface area contributed by atoms with E-state index in [1.807, 2.05) is 48.3 Å². The summed E-state index contributed by atoms with van der Waals surface area (Å²) in [5, 5.41) is 3.22. The molecule has 0 saturated heterocycles. The first-order chi connectivity index (χ1) is 13.4. The third-order valence-electron chi connectivity index (χ3n) is 4.18. The summed E-state index contributed by atoms with van der Waals surface area (Å²) in [6.07, 6.45) is 0. The minimum absolute atomic E-state index is 0.290. The first-order valence-electron chi connectivity index (χ1n) is 8.96. The first kappa shape index (κ1) is 21.7. The monoisotopic (exact) mass is 404 g/mol. The van der Waals surface area contributed by atoms with Crippen molar-refractivity contribution in [1.29, 1.82) is 0 Å². The zero-order chi connectivity index (χ0) is 20.6. The second-order valence-corrected chi connectivity index (χ2v) is 8.50. The molecular formula is C20H28N4O3S. The number of likely N-dealkylation sites (N-methyl/N-ethyl adjacent to an activating group) is 1. The Bertz CT molecular complexity index is 883. The van der Waals surface area contributed by atoms with E-state index < -0.39 is 10.0 Å². The molecule has 2 aromatic carbocycles. The highest BCUT2D eigenvalue weighted by Gasteiger charge is 2.20. The van der Waals surface area contributed by atoms with E-state index in [-0.39, 0.29) is 4.90 Å². The minimum Gasteiger partial charge on any atom is -0.492 e. The van der Waals surface area contributed by atoms with Crippen LogP contribution in [0.3, 0.4) is 0 Å². The van der Waals surface area contributed by atoms with Gasteiger partial charge in [-0.25, -0.2) is 12.7 Å². The van der Waals surface area contributed by atoms with E-state index in [2.05, 4.69) is 10.3 Å². The lowest BCUT2D eigenvalue weighted by Crippen LogP contribution is -2.40. The van der Waals surface area contributed by atoms with E-state index in [4.69, 9.17) is 4.74 Å². The lowest BCUT2D eigenvalue weighted by Gasteiger charge is -2.23. The van der Waals surface area contributed by atoms with Crippen molar-refractivity contribution in [2.24, 2.45) is 4.99 Å². The van der Waals surface area contributed by atoms with Gasteiger partial charge in [0, 0.05) is 34.7 Å². The smallest absolute Gasteiger partial charge is 0.242 e. The highest BCUT2D eigenvalue weighted by Crippen LogP contribution is 2.18. The largest absolute Gasteiger partial charge is 0.492 e. The van der Waals surface area contributed by atoms with Gasteiger partial charge >= 0.3 is 0 Å². The number of ether oxygens (including phenoxy) is 1. The maximum atomic E-state index is 12.5. The number of hydrogen-bond acceptors (Lipinski definition) is 4. The zero-order valence-electron chi connectivity index (χ0n) is 16.8. The van der Waals surface area contributed by atoms with E-state index >= 15 is 0 Å². The number of benzene rings is 2. The topological polar surface area (TPSA) is 74.2 Å². The molecule has 0 spiro atoms. The molecular weight excluding hydrogens is 376 g/mol. The minimum atomic E-state index is -3.51. The molecule has 2 rings (SSSR count). The summed E-state index contributed by atoms with van der Waals surface area (Å²) in [7, 11) is 3.15. The van der Waals surface area contributed by atoms with E-state index in [0.717, 1.165) is 5.75 Å². The molecule has 0 bridgehead atoms. The second kappa shape index (κ2) is 10.1. The van der Waals surface area contributed by atoms with Crippen LogP contribution >= 0.6 is 0 Å². The Morgan fingerprint density at radius 3 is 2.32 bits per heavy atom. The molecule has 0 amide bonds. The molecule has 152 valence electrons. The second-order valence-electron chi connectivity index (χ2n) is 6.38. The number of guanidine groups is 1. The normalized spacial score (nSPS) is 12.1. The molecule has 0 radical (unpaired) electrons. The summed E-state index contributed by atoms with van der Waals surface area (Å²) in [6, 6.07) is 16.6. The van der Waals surface area contributed by atoms with Gasteiger partial charge in [-0.2, -0.15) is 0 Å². The Morgan fingerprint density at radius 2 is 1.68 bits per heavy atom. The molecule has 2 aromatic rings. The Balaban J connectivity index is 1.97. The molecule has 0 aliphatic carbocycles. The first-order valence-corrected chi connectivity index (χ1v) is 10.4. The van der Waals surface area contributed by atoms with Crippen LogP contribution in [0.25, 0.3) is 0 Å². The van der Waals surface area contributed by atoms with Gasteiger partial charge in [0.15, 0.2) is 5.96 Å². The average Bonchev–Trinajstić information content (AvgIpc) is 2.69. The molecule has 0 aliphatic heterocycles. The molecule has 28 heavy (non-hydrogen) atoms. The number of aliphatic imine (C=N–C) groups is 1. The predicted octanol–water partition coefficient (Wildman–Crippen LogP) is 2.02. The van der Waals surface area contributed by atoms with Crippen LogP contribution in [0.15, 0.2) is 64.5 Å². The van der Waals surface area contributed by atoms with Crippen molar-refractivity contribution < 1.29 is 13.2 Å². The quantitative estimate of drug-likeness (QED) is 0.538. The van der Waals surface area contributed by atoms with E-state index in [9.17, 15) is 8.42 Å². The summed E-state index contributed by atoms with van der Waals surface area (Å²) in [4.78, 5) is 6.50. The van der Waals surface area contributed by atoms with Crippen LogP contribution in [-0.4, -0.2) is 64.9 Å².